The number of anilines is 1. The molecule has 0 radical (unpaired) electrons. The first kappa shape index (κ1) is 22.4. The summed E-state index contributed by atoms with van der Waals surface area (Å²) in [5.74, 6) is -0.958. The Kier molecular flexibility index (Phi) is 6.55. The van der Waals surface area contributed by atoms with Gasteiger partial charge >= 0.3 is 0 Å². The van der Waals surface area contributed by atoms with E-state index in [0.29, 0.717) is 12.1 Å². The molecule has 0 aliphatic carbocycles. The van der Waals surface area contributed by atoms with E-state index >= 15 is 0 Å². The largest absolute Gasteiger partial charge is 0.274 e. The third-order valence-corrected chi connectivity index (χ3v) is 7.82. The van der Waals surface area contributed by atoms with Crippen molar-refractivity contribution in [2.24, 2.45) is 0 Å². The number of hydrogen-bond donors (Lipinski definition) is 0. The number of hydrogen-bond acceptors (Lipinski definition) is 4. The molecule has 0 N–H and O–H groups in total. The van der Waals surface area contributed by atoms with E-state index in [4.69, 9.17) is 0 Å². The van der Waals surface area contributed by atoms with Crippen molar-refractivity contribution in [2.45, 2.75) is 23.8 Å². The number of rotatable bonds is 7. The number of nitrogens with zero attached hydrogens (tertiary/aromatic N) is 2. The molecule has 1 atom stereocenters. The fourth-order valence-electron chi connectivity index (χ4n) is 3.76. The Bertz CT molecular complexity index is 1220. The van der Waals surface area contributed by atoms with E-state index in [9.17, 15) is 18.0 Å². The Morgan fingerprint density at radius 2 is 1.47 bits per heavy atom. The number of imide groups is 1. The normalized spacial score (nSPS) is 16.7. The molecule has 2 amide bonds. The topological polar surface area (TPSA) is 74.8 Å². The van der Waals surface area contributed by atoms with Gasteiger partial charge < -0.3 is 0 Å². The van der Waals surface area contributed by atoms with Crippen molar-refractivity contribution in [2.75, 3.05) is 11.4 Å². The van der Waals surface area contributed by atoms with E-state index in [2.05, 4.69) is 15.9 Å². The highest BCUT2D eigenvalue weighted by molar-refractivity contribution is 9.10. The Balaban J connectivity index is 1.68. The molecule has 6 nitrogen and oxygen atoms in total. The van der Waals surface area contributed by atoms with Gasteiger partial charge in [-0.25, -0.2) is 13.3 Å². The Morgan fingerprint density at radius 3 is 2.09 bits per heavy atom. The molecule has 1 unspecified atom stereocenters. The summed E-state index contributed by atoms with van der Waals surface area (Å²) in [5.41, 5.74) is 1.37. The fourth-order valence-corrected chi connectivity index (χ4v) is 5.63. The van der Waals surface area contributed by atoms with Crippen molar-refractivity contribution in [3.63, 3.8) is 0 Å². The quantitative estimate of drug-likeness (QED) is 0.448. The van der Waals surface area contributed by atoms with Crippen LogP contribution in [0.25, 0.3) is 0 Å². The highest BCUT2D eigenvalue weighted by Crippen LogP contribution is 2.30. The number of carbonyl (C=O) groups is 2. The molecule has 1 saturated heterocycles. The average Bonchev–Trinajstić information content (AvgIpc) is 3.09. The van der Waals surface area contributed by atoms with E-state index in [1.807, 2.05) is 30.3 Å². The van der Waals surface area contributed by atoms with Crippen LogP contribution in [-0.2, 0) is 26.0 Å². The summed E-state index contributed by atoms with van der Waals surface area (Å²) in [4.78, 5) is 27.3. The molecule has 1 fully saturated rings. The van der Waals surface area contributed by atoms with Crippen LogP contribution in [-0.4, -0.2) is 37.1 Å². The molecule has 3 aromatic carbocycles. The van der Waals surface area contributed by atoms with Crippen LogP contribution in [0.15, 0.2) is 94.3 Å². The predicted molar refractivity (Wildman–Crippen MR) is 126 cm³/mol. The number of sulfonamides is 1. The van der Waals surface area contributed by atoms with Gasteiger partial charge in [-0.2, -0.15) is 4.31 Å². The van der Waals surface area contributed by atoms with Crippen molar-refractivity contribution >= 4 is 43.5 Å². The lowest BCUT2D eigenvalue weighted by molar-refractivity contribution is -0.122. The summed E-state index contributed by atoms with van der Waals surface area (Å²) in [6, 6.07) is 23.1. The summed E-state index contributed by atoms with van der Waals surface area (Å²) in [5, 5.41) is 0. The van der Waals surface area contributed by atoms with Crippen LogP contribution in [0.1, 0.15) is 12.0 Å². The van der Waals surface area contributed by atoms with Crippen LogP contribution in [0.4, 0.5) is 5.69 Å². The van der Waals surface area contributed by atoms with Gasteiger partial charge in [0.1, 0.15) is 6.04 Å². The monoisotopic (exact) mass is 512 g/mol. The van der Waals surface area contributed by atoms with E-state index in [-0.39, 0.29) is 17.9 Å². The molecule has 8 heteroatoms. The zero-order valence-electron chi connectivity index (χ0n) is 17.1. The molecular weight excluding hydrogens is 492 g/mol. The fraction of sp³-hybridized carbons (Fsp3) is 0.167. The highest BCUT2D eigenvalue weighted by atomic mass is 79.9. The summed E-state index contributed by atoms with van der Waals surface area (Å²) >= 11 is 3.34. The minimum Gasteiger partial charge on any atom is -0.274 e. The minimum atomic E-state index is -4.00. The van der Waals surface area contributed by atoms with Crippen LogP contribution in [0.3, 0.4) is 0 Å². The minimum absolute atomic E-state index is 0.0824. The van der Waals surface area contributed by atoms with E-state index < -0.39 is 27.9 Å². The second-order valence-electron chi connectivity index (χ2n) is 7.43. The average molecular weight is 513 g/mol. The number of halogens is 1. The van der Waals surface area contributed by atoms with E-state index in [0.717, 1.165) is 14.9 Å². The molecule has 164 valence electrons. The number of amides is 2. The first-order valence-corrected chi connectivity index (χ1v) is 12.3. The predicted octanol–water partition coefficient (Wildman–Crippen LogP) is 4.01. The first-order chi connectivity index (χ1) is 15.4. The Morgan fingerprint density at radius 1 is 0.875 bits per heavy atom. The lowest BCUT2D eigenvalue weighted by Crippen LogP contribution is -2.46. The zero-order chi connectivity index (χ0) is 22.7. The van der Waals surface area contributed by atoms with Crippen LogP contribution in [0.2, 0.25) is 0 Å². The lowest BCUT2D eigenvalue weighted by Gasteiger charge is -2.27. The van der Waals surface area contributed by atoms with Crippen molar-refractivity contribution in [3.05, 3.63) is 95.0 Å². The van der Waals surface area contributed by atoms with Gasteiger partial charge in [-0.3, -0.25) is 9.59 Å². The molecule has 0 bridgehead atoms. The molecule has 3 aromatic rings. The number of carbonyl (C=O) groups excluding carboxylic acids is 2. The van der Waals surface area contributed by atoms with E-state index in [1.54, 1.807) is 42.5 Å². The molecule has 1 aliphatic heterocycles. The molecule has 0 aromatic heterocycles. The summed E-state index contributed by atoms with van der Waals surface area (Å²) in [7, 11) is -4.00. The third-order valence-electron chi connectivity index (χ3n) is 5.37. The first-order valence-electron chi connectivity index (χ1n) is 10.1. The SMILES string of the molecule is O=C1CC(N(CCc2ccccc2)S(=O)(=O)c2ccccc2)C(=O)N1c1ccc(Br)cc1. The van der Waals surface area contributed by atoms with Gasteiger partial charge in [-0.1, -0.05) is 64.5 Å². The van der Waals surface area contributed by atoms with Gasteiger partial charge in [0, 0.05) is 11.0 Å². The summed E-state index contributed by atoms with van der Waals surface area (Å²) in [6.45, 7) is 0.0824. The maximum atomic E-state index is 13.5. The molecular formula is C24H21BrN2O4S. The molecule has 0 saturated carbocycles. The van der Waals surface area contributed by atoms with E-state index in [1.165, 1.54) is 16.4 Å². The van der Waals surface area contributed by atoms with Gasteiger partial charge in [-0.15, -0.1) is 0 Å². The molecule has 0 spiro atoms. The van der Waals surface area contributed by atoms with Crippen LogP contribution in [0, 0.1) is 0 Å². The van der Waals surface area contributed by atoms with Crippen molar-refractivity contribution in [3.8, 4) is 0 Å². The zero-order valence-corrected chi connectivity index (χ0v) is 19.5. The second kappa shape index (κ2) is 9.36. The Hall–Kier alpha value is -2.81. The van der Waals surface area contributed by atoms with Crippen molar-refractivity contribution in [1.29, 1.82) is 0 Å². The smallest absolute Gasteiger partial charge is 0.252 e. The Labute approximate surface area is 195 Å². The maximum Gasteiger partial charge on any atom is 0.252 e. The van der Waals surface area contributed by atoms with Crippen LogP contribution >= 0.6 is 15.9 Å². The third kappa shape index (κ3) is 4.53. The molecule has 4 rings (SSSR count). The van der Waals surface area contributed by atoms with Crippen molar-refractivity contribution in [1.82, 2.24) is 4.31 Å². The van der Waals surface area contributed by atoms with Gasteiger partial charge in [0.15, 0.2) is 0 Å². The maximum absolute atomic E-state index is 13.5. The number of benzene rings is 3. The molecule has 1 heterocycles. The van der Waals surface area contributed by atoms with Crippen LogP contribution < -0.4 is 4.90 Å². The van der Waals surface area contributed by atoms with Crippen LogP contribution in [0.5, 0.6) is 0 Å². The van der Waals surface area contributed by atoms with Gasteiger partial charge in [0.25, 0.3) is 5.91 Å². The van der Waals surface area contributed by atoms with Gasteiger partial charge in [0.05, 0.1) is 17.0 Å². The molecule has 1 aliphatic rings. The van der Waals surface area contributed by atoms with Gasteiger partial charge in [-0.05, 0) is 48.4 Å². The standard InChI is InChI=1S/C24H21BrN2O4S/c25-19-11-13-20(14-12-19)27-23(28)17-22(24(27)29)26(16-15-18-7-3-1-4-8-18)32(30,31)21-9-5-2-6-10-21/h1-14,22H,15-17H2. The highest BCUT2D eigenvalue weighted by Gasteiger charge is 2.46. The second-order valence-corrected chi connectivity index (χ2v) is 10.2. The van der Waals surface area contributed by atoms with Crippen molar-refractivity contribution < 1.29 is 18.0 Å². The summed E-state index contributed by atoms with van der Waals surface area (Å²) in [6.07, 6.45) is 0.221. The van der Waals surface area contributed by atoms with Gasteiger partial charge in [0.2, 0.25) is 15.9 Å². The lowest BCUT2D eigenvalue weighted by atomic mass is 10.1. The summed E-state index contributed by atoms with van der Waals surface area (Å²) < 4.78 is 29.0. The molecule has 32 heavy (non-hydrogen) atoms.